The first-order valence-corrected chi connectivity index (χ1v) is 5.66. The van der Waals surface area contributed by atoms with Crippen molar-refractivity contribution in [2.45, 2.75) is 38.4 Å². The van der Waals surface area contributed by atoms with E-state index < -0.39 is 11.9 Å². The molecule has 1 aliphatic rings. The van der Waals surface area contributed by atoms with Crippen molar-refractivity contribution in [3.63, 3.8) is 0 Å². The average Bonchev–Trinajstić information content (AvgIpc) is 2.38. The lowest BCUT2D eigenvalue weighted by Crippen LogP contribution is -2.23. The molecule has 1 saturated carbocycles. The zero-order valence-corrected chi connectivity index (χ0v) is 10.2. The monoisotopic (exact) mass is 247 g/mol. The van der Waals surface area contributed by atoms with Crippen LogP contribution in [0.1, 0.15) is 36.6 Å². The highest BCUT2D eigenvalue weighted by Crippen LogP contribution is 2.40. The number of hydrogen-bond donors (Lipinski definition) is 0. The maximum absolute atomic E-state index is 12.8. The third-order valence-corrected chi connectivity index (χ3v) is 3.23. The highest BCUT2D eigenvalue weighted by atomic mass is 19.4. The normalized spacial score (nSPS) is 17.1. The SMILES string of the molecule is Cc1c(C(F)(F)F)nn(C2CCC2)c1N(C)C. The molecule has 1 heterocycles. The van der Waals surface area contributed by atoms with E-state index in [0.717, 1.165) is 19.3 Å². The molecule has 1 aliphatic carbocycles. The van der Waals surface area contributed by atoms with Gasteiger partial charge in [0.2, 0.25) is 0 Å². The zero-order chi connectivity index (χ0) is 12.8. The summed E-state index contributed by atoms with van der Waals surface area (Å²) in [4.78, 5) is 1.70. The first-order valence-electron chi connectivity index (χ1n) is 5.66. The van der Waals surface area contributed by atoms with E-state index in [0.29, 0.717) is 5.82 Å². The molecule has 0 unspecified atom stereocenters. The van der Waals surface area contributed by atoms with Crippen molar-refractivity contribution in [3.05, 3.63) is 11.3 Å². The predicted octanol–water partition coefficient (Wildman–Crippen LogP) is 3.00. The molecule has 3 nitrogen and oxygen atoms in total. The summed E-state index contributed by atoms with van der Waals surface area (Å²) in [6.45, 7) is 1.49. The van der Waals surface area contributed by atoms with Gasteiger partial charge in [-0.1, -0.05) is 0 Å². The van der Waals surface area contributed by atoms with E-state index in [9.17, 15) is 13.2 Å². The summed E-state index contributed by atoms with van der Waals surface area (Å²) in [5, 5.41) is 3.77. The first kappa shape index (κ1) is 12.3. The topological polar surface area (TPSA) is 21.1 Å². The Morgan fingerprint density at radius 3 is 2.24 bits per heavy atom. The lowest BCUT2D eigenvalue weighted by molar-refractivity contribution is -0.142. The van der Waals surface area contributed by atoms with Crippen LogP contribution in [-0.4, -0.2) is 23.9 Å². The summed E-state index contributed by atoms with van der Waals surface area (Å²) >= 11 is 0. The minimum Gasteiger partial charge on any atom is -0.363 e. The molecule has 2 rings (SSSR count). The molecule has 0 radical (unpaired) electrons. The molecule has 0 spiro atoms. The van der Waals surface area contributed by atoms with Crippen molar-refractivity contribution < 1.29 is 13.2 Å². The van der Waals surface area contributed by atoms with Crippen LogP contribution in [0.4, 0.5) is 19.0 Å². The highest BCUT2D eigenvalue weighted by Gasteiger charge is 2.39. The lowest BCUT2D eigenvalue weighted by atomic mass is 9.93. The van der Waals surface area contributed by atoms with Gasteiger partial charge in [0.15, 0.2) is 5.69 Å². The van der Waals surface area contributed by atoms with E-state index in [-0.39, 0.29) is 11.6 Å². The molecule has 1 fully saturated rings. The second-order valence-corrected chi connectivity index (χ2v) is 4.72. The Labute approximate surface area is 98.2 Å². The second kappa shape index (κ2) is 3.92. The number of aromatic nitrogens is 2. The van der Waals surface area contributed by atoms with Gasteiger partial charge >= 0.3 is 6.18 Å². The van der Waals surface area contributed by atoms with E-state index in [1.807, 2.05) is 0 Å². The molecular formula is C11H16F3N3. The van der Waals surface area contributed by atoms with Gasteiger partial charge in [-0.25, -0.2) is 4.68 Å². The number of alkyl halides is 3. The van der Waals surface area contributed by atoms with Crippen molar-refractivity contribution in [2.75, 3.05) is 19.0 Å². The first-order chi connectivity index (χ1) is 7.82. The van der Waals surface area contributed by atoms with Crippen LogP contribution < -0.4 is 4.90 Å². The lowest BCUT2D eigenvalue weighted by Gasteiger charge is -2.29. The molecule has 0 bridgehead atoms. The fraction of sp³-hybridized carbons (Fsp3) is 0.727. The van der Waals surface area contributed by atoms with Crippen molar-refractivity contribution in [1.82, 2.24) is 9.78 Å². The van der Waals surface area contributed by atoms with Crippen LogP contribution in [0.25, 0.3) is 0 Å². The van der Waals surface area contributed by atoms with E-state index in [1.54, 1.807) is 23.7 Å². The van der Waals surface area contributed by atoms with Crippen LogP contribution in [0.3, 0.4) is 0 Å². The summed E-state index contributed by atoms with van der Waals surface area (Å²) in [6, 6.07) is 0.127. The third-order valence-electron chi connectivity index (χ3n) is 3.23. The van der Waals surface area contributed by atoms with Crippen LogP contribution in [0.5, 0.6) is 0 Å². The maximum atomic E-state index is 12.8. The zero-order valence-electron chi connectivity index (χ0n) is 10.2. The Hall–Kier alpha value is -1.20. The molecule has 0 N–H and O–H groups in total. The quantitative estimate of drug-likeness (QED) is 0.801. The van der Waals surface area contributed by atoms with Gasteiger partial charge in [-0.2, -0.15) is 18.3 Å². The minimum absolute atomic E-state index is 0.127. The van der Waals surface area contributed by atoms with E-state index in [4.69, 9.17) is 0 Å². The van der Waals surface area contributed by atoms with E-state index >= 15 is 0 Å². The molecule has 1 aromatic rings. The largest absolute Gasteiger partial charge is 0.435 e. The van der Waals surface area contributed by atoms with Gasteiger partial charge < -0.3 is 4.90 Å². The third kappa shape index (κ3) is 2.00. The molecule has 0 amide bonds. The van der Waals surface area contributed by atoms with Gasteiger partial charge in [0.1, 0.15) is 5.82 Å². The Morgan fingerprint density at radius 1 is 1.29 bits per heavy atom. The Morgan fingerprint density at radius 2 is 1.88 bits per heavy atom. The number of rotatable bonds is 2. The van der Waals surface area contributed by atoms with Crippen LogP contribution in [0.15, 0.2) is 0 Å². The van der Waals surface area contributed by atoms with Gasteiger partial charge in [-0.15, -0.1) is 0 Å². The summed E-state index contributed by atoms with van der Waals surface area (Å²) in [7, 11) is 3.50. The molecule has 1 aromatic heterocycles. The molecular weight excluding hydrogens is 231 g/mol. The Kier molecular flexibility index (Phi) is 2.83. The predicted molar refractivity (Wildman–Crippen MR) is 59.2 cm³/mol. The van der Waals surface area contributed by atoms with Crippen LogP contribution in [0.2, 0.25) is 0 Å². The smallest absolute Gasteiger partial charge is 0.363 e. The molecule has 0 saturated heterocycles. The van der Waals surface area contributed by atoms with Crippen LogP contribution in [-0.2, 0) is 6.18 Å². The number of halogens is 3. The van der Waals surface area contributed by atoms with Crippen LogP contribution in [0, 0.1) is 6.92 Å². The standard InChI is InChI=1S/C11H16F3N3/c1-7-9(11(12,13)14)15-17(8-5-4-6-8)10(7)16(2)3/h8H,4-6H2,1-3H3. The Balaban J connectivity index is 2.50. The van der Waals surface area contributed by atoms with Crippen LogP contribution >= 0.6 is 0 Å². The van der Waals surface area contributed by atoms with Crippen molar-refractivity contribution >= 4 is 5.82 Å². The van der Waals surface area contributed by atoms with Crippen molar-refractivity contribution in [1.29, 1.82) is 0 Å². The number of nitrogens with zero attached hydrogens (tertiary/aromatic N) is 3. The van der Waals surface area contributed by atoms with E-state index in [2.05, 4.69) is 5.10 Å². The van der Waals surface area contributed by atoms with Gasteiger partial charge in [-0.3, -0.25) is 0 Å². The van der Waals surface area contributed by atoms with Gasteiger partial charge in [0, 0.05) is 19.7 Å². The molecule has 0 atom stereocenters. The molecule has 0 aliphatic heterocycles. The molecule has 17 heavy (non-hydrogen) atoms. The van der Waals surface area contributed by atoms with Gasteiger partial charge in [0.05, 0.1) is 6.04 Å². The molecule has 0 aromatic carbocycles. The minimum atomic E-state index is -4.37. The number of anilines is 1. The highest BCUT2D eigenvalue weighted by molar-refractivity contribution is 5.49. The summed E-state index contributed by atoms with van der Waals surface area (Å²) in [6.07, 6.45) is -1.47. The molecule has 96 valence electrons. The van der Waals surface area contributed by atoms with Gasteiger partial charge in [0.25, 0.3) is 0 Å². The van der Waals surface area contributed by atoms with Crippen molar-refractivity contribution in [2.24, 2.45) is 0 Å². The average molecular weight is 247 g/mol. The maximum Gasteiger partial charge on any atom is 0.435 e. The summed E-state index contributed by atoms with van der Waals surface area (Å²) in [5.74, 6) is 0.571. The second-order valence-electron chi connectivity index (χ2n) is 4.72. The Bertz CT molecular complexity index is 416. The summed E-state index contributed by atoms with van der Waals surface area (Å²) in [5.41, 5.74) is -0.539. The van der Waals surface area contributed by atoms with Gasteiger partial charge in [-0.05, 0) is 26.2 Å². The van der Waals surface area contributed by atoms with E-state index in [1.165, 1.54) is 6.92 Å². The number of hydrogen-bond acceptors (Lipinski definition) is 2. The fourth-order valence-electron chi connectivity index (χ4n) is 2.20. The fourth-order valence-corrected chi connectivity index (χ4v) is 2.20. The molecule has 6 heteroatoms. The van der Waals surface area contributed by atoms with Crippen molar-refractivity contribution in [3.8, 4) is 0 Å². The summed E-state index contributed by atoms with van der Waals surface area (Å²) < 4.78 is 39.9.